The van der Waals surface area contributed by atoms with Gasteiger partial charge in [-0.25, -0.2) is 4.79 Å². The number of hydrogen-bond acceptors (Lipinski definition) is 2. The van der Waals surface area contributed by atoms with Crippen LogP contribution in [0.3, 0.4) is 0 Å². The molecule has 0 spiro atoms. The zero-order valence-corrected chi connectivity index (χ0v) is 7.62. The number of carbonyl (C=O) groups excluding carboxylic acids is 1. The molecule has 4 nitrogen and oxygen atoms in total. The Morgan fingerprint density at radius 2 is 2.33 bits per heavy atom. The van der Waals surface area contributed by atoms with Crippen molar-refractivity contribution in [3.05, 3.63) is 0 Å². The normalized spacial score (nSPS) is 23.6. The third-order valence-corrected chi connectivity index (χ3v) is 1.91. The number of likely N-dealkylation sites (tertiary alicyclic amines) is 1. The number of amides is 2. The summed E-state index contributed by atoms with van der Waals surface area (Å²) in [6, 6.07) is -0.377. The van der Waals surface area contributed by atoms with Gasteiger partial charge in [-0.1, -0.05) is 0 Å². The number of urea groups is 1. The van der Waals surface area contributed by atoms with Crippen LogP contribution < -0.4 is 5.73 Å². The summed E-state index contributed by atoms with van der Waals surface area (Å²) >= 11 is 0. The van der Waals surface area contributed by atoms with Gasteiger partial charge in [0.1, 0.15) is 6.23 Å². The predicted molar refractivity (Wildman–Crippen MR) is 45.5 cm³/mol. The van der Waals surface area contributed by atoms with Crippen LogP contribution in [0.5, 0.6) is 0 Å². The molecule has 2 N–H and O–H groups in total. The molecule has 1 unspecified atom stereocenters. The lowest BCUT2D eigenvalue weighted by molar-refractivity contribution is -0.0480. The molecule has 2 amide bonds. The summed E-state index contributed by atoms with van der Waals surface area (Å²) in [4.78, 5) is 12.4. The molecule has 1 heterocycles. The van der Waals surface area contributed by atoms with Crippen molar-refractivity contribution in [1.82, 2.24) is 4.90 Å². The van der Waals surface area contributed by atoms with Crippen LogP contribution in [0.25, 0.3) is 0 Å². The molecule has 1 fully saturated rings. The minimum absolute atomic E-state index is 0.0949. The lowest BCUT2D eigenvalue weighted by Gasteiger charge is -2.24. The van der Waals surface area contributed by atoms with E-state index in [1.165, 1.54) is 0 Å². The molecule has 1 rings (SSSR count). The van der Waals surface area contributed by atoms with Crippen LogP contribution in [0.2, 0.25) is 0 Å². The Kier molecular flexibility index (Phi) is 2.92. The highest BCUT2D eigenvalue weighted by Crippen LogP contribution is 2.18. The first-order chi connectivity index (χ1) is 5.61. The SMILES string of the molecule is CC(C)OC1CCCN1C(N)=O. The summed E-state index contributed by atoms with van der Waals surface area (Å²) in [7, 11) is 0. The summed E-state index contributed by atoms with van der Waals surface area (Å²) in [5, 5.41) is 0. The van der Waals surface area contributed by atoms with E-state index in [1.54, 1.807) is 4.90 Å². The van der Waals surface area contributed by atoms with E-state index in [4.69, 9.17) is 10.5 Å². The maximum Gasteiger partial charge on any atom is 0.316 e. The quantitative estimate of drug-likeness (QED) is 0.673. The molecule has 0 aromatic heterocycles. The number of nitrogens with zero attached hydrogens (tertiary/aromatic N) is 1. The van der Waals surface area contributed by atoms with Gasteiger partial charge in [0.15, 0.2) is 0 Å². The first kappa shape index (κ1) is 9.32. The zero-order chi connectivity index (χ0) is 9.14. The number of hydrogen-bond donors (Lipinski definition) is 1. The van der Waals surface area contributed by atoms with Crippen molar-refractivity contribution >= 4 is 6.03 Å². The largest absolute Gasteiger partial charge is 0.356 e. The lowest BCUT2D eigenvalue weighted by atomic mass is 10.3. The van der Waals surface area contributed by atoms with Crippen molar-refractivity contribution in [3.8, 4) is 0 Å². The number of primary amides is 1. The molecule has 0 aliphatic carbocycles. The highest BCUT2D eigenvalue weighted by atomic mass is 16.5. The highest BCUT2D eigenvalue weighted by Gasteiger charge is 2.28. The van der Waals surface area contributed by atoms with Gasteiger partial charge in [-0.3, -0.25) is 4.90 Å². The standard InChI is InChI=1S/C8H16N2O2/c1-6(2)12-7-4-3-5-10(7)8(9)11/h6-7H,3-5H2,1-2H3,(H2,9,11). The van der Waals surface area contributed by atoms with Crippen molar-refractivity contribution in [3.63, 3.8) is 0 Å². The molecule has 1 saturated heterocycles. The van der Waals surface area contributed by atoms with E-state index >= 15 is 0 Å². The van der Waals surface area contributed by atoms with Gasteiger partial charge >= 0.3 is 6.03 Å². The van der Waals surface area contributed by atoms with Gasteiger partial charge in [0.05, 0.1) is 6.10 Å². The van der Waals surface area contributed by atoms with E-state index in [1.807, 2.05) is 13.8 Å². The maximum atomic E-state index is 10.9. The van der Waals surface area contributed by atoms with Gasteiger partial charge in [0.2, 0.25) is 0 Å². The van der Waals surface area contributed by atoms with Gasteiger partial charge in [-0.15, -0.1) is 0 Å². The van der Waals surface area contributed by atoms with E-state index in [-0.39, 0.29) is 18.4 Å². The summed E-state index contributed by atoms with van der Waals surface area (Å²) in [6.45, 7) is 4.64. The molecule has 0 aromatic rings. The second-order valence-electron chi connectivity index (χ2n) is 3.31. The molecule has 70 valence electrons. The van der Waals surface area contributed by atoms with Crippen molar-refractivity contribution in [2.45, 2.75) is 39.0 Å². The molecule has 1 aliphatic heterocycles. The number of ether oxygens (including phenoxy) is 1. The number of carbonyl (C=O) groups is 1. The summed E-state index contributed by atoms with van der Waals surface area (Å²) in [5.74, 6) is 0. The Morgan fingerprint density at radius 3 is 2.83 bits per heavy atom. The average Bonchev–Trinajstić information content (AvgIpc) is 2.33. The van der Waals surface area contributed by atoms with Gasteiger partial charge < -0.3 is 10.5 Å². The second-order valence-corrected chi connectivity index (χ2v) is 3.31. The van der Waals surface area contributed by atoms with Gasteiger partial charge in [0, 0.05) is 6.54 Å². The fourth-order valence-corrected chi connectivity index (χ4v) is 1.44. The van der Waals surface area contributed by atoms with Crippen LogP contribution in [-0.2, 0) is 4.74 Å². The van der Waals surface area contributed by atoms with Crippen molar-refractivity contribution in [1.29, 1.82) is 0 Å². The maximum absolute atomic E-state index is 10.9. The summed E-state index contributed by atoms with van der Waals surface area (Å²) in [6.07, 6.45) is 1.94. The molecule has 0 radical (unpaired) electrons. The average molecular weight is 172 g/mol. The third kappa shape index (κ3) is 2.11. The van der Waals surface area contributed by atoms with Crippen molar-refractivity contribution < 1.29 is 9.53 Å². The van der Waals surface area contributed by atoms with E-state index in [0.29, 0.717) is 0 Å². The molecule has 4 heteroatoms. The van der Waals surface area contributed by atoms with Crippen LogP contribution in [-0.4, -0.2) is 29.8 Å². The number of nitrogens with two attached hydrogens (primary N) is 1. The smallest absolute Gasteiger partial charge is 0.316 e. The molecule has 1 aliphatic rings. The molecule has 1 atom stereocenters. The Bertz CT molecular complexity index is 170. The van der Waals surface area contributed by atoms with Crippen molar-refractivity contribution in [2.75, 3.05) is 6.54 Å². The predicted octanol–water partition coefficient (Wildman–Crippen LogP) is 0.912. The minimum atomic E-state index is -0.377. The van der Waals surface area contributed by atoms with Gasteiger partial charge in [-0.2, -0.15) is 0 Å². The van der Waals surface area contributed by atoms with Crippen LogP contribution in [0.4, 0.5) is 4.79 Å². The Hall–Kier alpha value is -0.770. The topological polar surface area (TPSA) is 55.6 Å². The summed E-state index contributed by atoms with van der Waals surface area (Å²) < 4.78 is 5.51. The van der Waals surface area contributed by atoms with Crippen LogP contribution in [0, 0.1) is 0 Å². The Morgan fingerprint density at radius 1 is 1.67 bits per heavy atom. The van der Waals surface area contributed by atoms with E-state index in [9.17, 15) is 4.79 Å². The first-order valence-electron chi connectivity index (χ1n) is 4.33. The second kappa shape index (κ2) is 3.76. The Balaban J connectivity index is 2.46. The molecule has 0 bridgehead atoms. The monoisotopic (exact) mass is 172 g/mol. The van der Waals surface area contributed by atoms with Crippen LogP contribution in [0.15, 0.2) is 0 Å². The molecular formula is C8H16N2O2. The van der Waals surface area contributed by atoms with Crippen LogP contribution >= 0.6 is 0 Å². The number of rotatable bonds is 2. The van der Waals surface area contributed by atoms with Gasteiger partial charge in [-0.05, 0) is 26.7 Å². The van der Waals surface area contributed by atoms with E-state index < -0.39 is 0 Å². The molecular weight excluding hydrogens is 156 g/mol. The molecule has 0 saturated carbocycles. The Labute approximate surface area is 72.7 Å². The third-order valence-electron chi connectivity index (χ3n) is 1.91. The first-order valence-corrected chi connectivity index (χ1v) is 4.33. The summed E-state index contributed by atoms with van der Waals surface area (Å²) in [5.41, 5.74) is 5.17. The highest BCUT2D eigenvalue weighted by molar-refractivity contribution is 5.72. The molecule has 12 heavy (non-hydrogen) atoms. The molecule has 0 aromatic carbocycles. The minimum Gasteiger partial charge on any atom is -0.356 e. The van der Waals surface area contributed by atoms with Crippen molar-refractivity contribution in [2.24, 2.45) is 5.73 Å². The lowest BCUT2D eigenvalue weighted by Crippen LogP contribution is -2.41. The van der Waals surface area contributed by atoms with E-state index in [2.05, 4.69) is 0 Å². The fourth-order valence-electron chi connectivity index (χ4n) is 1.44. The van der Waals surface area contributed by atoms with Crippen LogP contribution in [0.1, 0.15) is 26.7 Å². The zero-order valence-electron chi connectivity index (χ0n) is 7.62. The van der Waals surface area contributed by atoms with E-state index in [0.717, 1.165) is 19.4 Å². The van der Waals surface area contributed by atoms with Gasteiger partial charge in [0.25, 0.3) is 0 Å². The fraction of sp³-hybridized carbons (Fsp3) is 0.875.